The first-order valence-electron chi connectivity index (χ1n) is 9.17. The van der Waals surface area contributed by atoms with Crippen LogP contribution in [0.15, 0.2) is 47.0 Å². The molecule has 1 aromatic heterocycles. The third-order valence-electron chi connectivity index (χ3n) is 4.27. The third-order valence-corrected chi connectivity index (χ3v) is 4.27. The van der Waals surface area contributed by atoms with Crippen molar-refractivity contribution in [2.45, 2.75) is 19.6 Å². The molecule has 0 aliphatic rings. The molecule has 0 aliphatic heterocycles. The molecular weight excluding hydrogens is 390 g/mol. The molecule has 1 atom stereocenters. The number of amides is 1. The zero-order valence-electron chi connectivity index (χ0n) is 17.2. The van der Waals surface area contributed by atoms with Gasteiger partial charge in [-0.05, 0) is 49.4 Å². The Morgan fingerprint density at radius 2 is 1.70 bits per heavy atom. The minimum absolute atomic E-state index is 0.0788. The van der Waals surface area contributed by atoms with E-state index in [2.05, 4.69) is 15.5 Å². The van der Waals surface area contributed by atoms with Crippen molar-refractivity contribution in [3.8, 4) is 34.4 Å². The lowest BCUT2D eigenvalue weighted by molar-refractivity contribution is -0.127. The molecule has 3 rings (SSSR count). The van der Waals surface area contributed by atoms with Gasteiger partial charge in [-0.2, -0.15) is 4.98 Å². The van der Waals surface area contributed by atoms with Crippen molar-refractivity contribution in [1.82, 2.24) is 15.5 Å². The maximum atomic E-state index is 12.3. The van der Waals surface area contributed by atoms with Gasteiger partial charge in [0, 0.05) is 5.56 Å². The quantitative estimate of drug-likeness (QED) is 0.571. The predicted molar refractivity (Wildman–Crippen MR) is 108 cm³/mol. The second-order valence-electron chi connectivity index (χ2n) is 6.23. The molecule has 0 bridgehead atoms. The number of nitrogens with one attached hydrogen (secondary N) is 1. The van der Waals surface area contributed by atoms with Gasteiger partial charge in [-0.1, -0.05) is 5.16 Å². The maximum absolute atomic E-state index is 12.3. The first-order valence-corrected chi connectivity index (χ1v) is 9.17. The second-order valence-corrected chi connectivity index (χ2v) is 6.23. The fourth-order valence-electron chi connectivity index (χ4n) is 2.64. The molecule has 0 saturated heterocycles. The van der Waals surface area contributed by atoms with E-state index in [0.29, 0.717) is 34.4 Å². The van der Waals surface area contributed by atoms with Crippen LogP contribution in [-0.2, 0) is 11.3 Å². The number of carbonyl (C=O) groups excluding carboxylic acids is 1. The summed E-state index contributed by atoms with van der Waals surface area (Å²) in [7, 11) is 4.69. The van der Waals surface area contributed by atoms with Gasteiger partial charge < -0.3 is 28.8 Å². The molecule has 30 heavy (non-hydrogen) atoms. The van der Waals surface area contributed by atoms with Crippen molar-refractivity contribution in [2.24, 2.45) is 0 Å². The van der Waals surface area contributed by atoms with Crippen molar-refractivity contribution in [1.29, 1.82) is 0 Å². The van der Waals surface area contributed by atoms with Crippen LogP contribution in [0.2, 0.25) is 0 Å². The highest BCUT2D eigenvalue weighted by molar-refractivity contribution is 5.80. The molecule has 9 nitrogen and oxygen atoms in total. The van der Waals surface area contributed by atoms with Crippen molar-refractivity contribution < 1.29 is 28.3 Å². The fraction of sp³-hybridized carbons (Fsp3) is 0.286. The van der Waals surface area contributed by atoms with Crippen LogP contribution >= 0.6 is 0 Å². The van der Waals surface area contributed by atoms with E-state index in [0.717, 1.165) is 0 Å². The molecule has 0 radical (unpaired) electrons. The van der Waals surface area contributed by atoms with Crippen LogP contribution in [0.5, 0.6) is 23.0 Å². The minimum atomic E-state index is -0.702. The van der Waals surface area contributed by atoms with E-state index in [1.807, 2.05) is 0 Å². The topological polar surface area (TPSA) is 105 Å². The summed E-state index contributed by atoms with van der Waals surface area (Å²) in [6.07, 6.45) is -0.702. The number of hydrogen-bond acceptors (Lipinski definition) is 8. The Morgan fingerprint density at radius 1 is 1.00 bits per heavy atom. The Morgan fingerprint density at radius 3 is 2.37 bits per heavy atom. The average Bonchev–Trinajstić information content (AvgIpc) is 3.26. The summed E-state index contributed by atoms with van der Waals surface area (Å²) in [5.41, 5.74) is 0.699. The van der Waals surface area contributed by atoms with Crippen molar-refractivity contribution in [3.63, 3.8) is 0 Å². The number of methoxy groups -OCH3 is 3. The number of ether oxygens (including phenoxy) is 4. The summed E-state index contributed by atoms with van der Waals surface area (Å²) < 4.78 is 26.4. The Kier molecular flexibility index (Phi) is 6.74. The lowest BCUT2D eigenvalue weighted by Crippen LogP contribution is -2.35. The summed E-state index contributed by atoms with van der Waals surface area (Å²) in [4.78, 5) is 16.6. The van der Waals surface area contributed by atoms with E-state index in [9.17, 15) is 4.79 Å². The summed E-state index contributed by atoms with van der Waals surface area (Å²) in [5.74, 6) is 2.76. The highest BCUT2D eigenvalue weighted by Gasteiger charge is 2.17. The van der Waals surface area contributed by atoms with Gasteiger partial charge in [-0.15, -0.1) is 0 Å². The molecule has 0 aliphatic carbocycles. The standard InChI is InChI=1S/C21H23N3O6/c1-13(29-16-8-6-15(26-2)7-9-16)21(25)22-12-19-23-20(24-30-19)14-5-10-17(27-3)18(11-14)28-4/h5-11,13H,12H2,1-4H3,(H,22,25)/t13-/m1/s1. The van der Waals surface area contributed by atoms with Crippen LogP contribution in [-0.4, -0.2) is 43.5 Å². The van der Waals surface area contributed by atoms with E-state index in [1.54, 1.807) is 70.7 Å². The van der Waals surface area contributed by atoms with Gasteiger partial charge in [0.05, 0.1) is 27.9 Å². The minimum Gasteiger partial charge on any atom is -0.497 e. The van der Waals surface area contributed by atoms with Gasteiger partial charge in [0.1, 0.15) is 11.5 Å². The van der Waals surface area contributed by atoms with Gasteiger partial charge in [-0.25, -0.2) is 0 Å². The Labute approximate surface area is 173 Å². The number of aromatic nitrogens is 2. The highest BCUT2D eigenvalue weighted by Crippen LogP contribution is 2.31. The molecule has 0 unspecified atom stereocenters. The van der Waals surface area contributed by atoms with E-state index < -0.39 is 6.10 Å². The molecule has 1 amide bonds. The molecule has 9 heteroatoms. The van der Waals surface area contributed by atoms with Gasteiger partial charge in [0.2, 0.25) is 11.7 Å². The highest BCUT2D eigenvalue weighted by atomic mass is 16.5. The normalized spacial score (nSPS) is 11.5. The SMILES string of the molecule is COc1ccc(O[C@H](C)C(=O)NCc2nc(-c3ccc(OC)c(OC)c3)no2)cc1. The van der Waals surface area contributed by atoms with E-state index in [4.69, 9.17) is 23.5 Å². The van der Waals surface area contributed by atoms with Crippen LogP contribution in [0.1, 0.15) is 12.8 Å². The van der Waals surface area contributed by atoms with Crippen LogP contribution in [0.4, 0.5) is 0 Å². The second kappa shape index (κ2) is 9.64. The summed E-state index contributed by atoms with van der Waals surface area (Å²) in [5, 5.41) is 6.66. The Bertz CT molecular complexity index is 987. The van der Waals surface area contributed by atoms with E-state index >= 15 is 0 Å². The molecular formula is C21H23N3O6. The van der Waals surface area contributed by atoms with Gasteiger partial charge in [0.15, 0.2) is 17.6 Å². The lowest BCUT2D eigenvalue weighted by atomic mass is 10.2. The van der Waals surface area contributed by atoms with Crippen LogP contribution in [0, 0.1) is 0 Å². The number of hydrogen-bond donors (Lipinski definition) is 1. The maximum Gasteiger partial charge on any atom is 0.261 e. The molecule has 0 spiro atoms. The largest absolute Gasteiger partial charge is 0.497 e. The first-order chi connectivity index (χ1) is 14.5. The zero-order valence-corrected chi connectivity index (χ0v) is 17.2. The van der Waals surface area contributed by atoms with Crippen molar-refractivity contribution >= 4 is 5.91 Å². The first kappa shape index (κ1) is 21.0. The van der Waals surface area contributed by atoms with Crippen LogP contribution in [0.25, 0.3) is 11.4 Å². The fourth-order valence-corrected chi connectivity index (χ4v) is 2.64. The molecule has 2 aromatic carbocycles. The summed E-state index contributed by atoms with van der Waals surface area (Å²) >= 11 is 0. The summed E-state index contributed by atoms with van der Waals surface area (Å²) in [6.45, 7) is 1.73. The number of rotatable bonds is 9. The van der Waals surface area contributed by atoms with Gasteiger partial charge in [0.25, 0.3) is 5.91 Å². The van der Waals surface area contributed by atoms with Crippen molar-refractivity contribution in [2.75, 3.05) is 21.3 Å². The zero-order chi connectivity index (χ0) is 21.5. The Hall–Kier alpha value is -3.75. The van der Waals surface area contributed by atoms with Gasteiger partial charge in [-0.3, -0.25) is 4.79 Å². The molecule has 0 fully saturated rings. The number of benzene rings is 2. The van der Waals surface area contributed by atoms with Crippen LogP contribution < -0.4 is 24.3 Å². The van der Waals surface area contributed by atoms with E-state index in [1.165, 1.54) is 0 Å². The predicted octanol–water partition coefficient (Wildman–Crippen LogP) is 2.85. The molecule has 158 valence electrons. The number of nitrogens with zero attached hydrogens (tertiary/aromatic N) is 2. The lowest BCUT2D eigenvalue weighted by Gasteiger charge is -2.14. The third kappa shape index (κ3) is 4.99. The summed E-state index contributed by atoms with van der Waals surface area (Å²) in [6, 6.07) is 12.3. The van der Waals surface area contributed by atoms with Gasteiger partial charge >= 0.3 is 0 Å². The monoisotopic (exact) mass is 413 g/mol. The smallest absolute Gasteiger partial charge is 0.261 e. The number of carbonyl (C=O) groups is 1. The Balaban J connectivity index is 1.57. The molecule has 0 saturated carbocycles. The van der Waals surface area contributed by atoms with Crippen LogP contribution in [0.3, 0.4) is 0 Å². The molecule has 3 aromatic rings. The van der Waals surface area contributed by atoms with E-state index in [-0.39, 0.29) is 18.3 Å². The van der Waals surface area contributed by atoms with Crippen molar-refractivity contribution in [3.05, 3.63) is 48.4 Å². The molecule has 1 N–H and O–H groups in total. The molecule has 1 heterocycles. The average molecular weight is 413 g/mol.